The highest BCUT2D eigenvalue weighted by Crippen LogP contribution is 2.18. The Morgan fingerprint density at radius 3 is 2.47 bits per heavy atom. The van der Waals surface area contributed by atoms with Crippen LogP contribution >= 0.6 is 0 Å². The molecule has 8 nitrogen and oxygen atoms in total. The van der Waals surface area contributed by atoms with Crippen molar-refractivity contribution in [3.05, 3.63) is 0 Å². The summed E-state index contributed by atoms with van der Waals surface area (Å²) in [7, 11) is 2.52. The molecular formula is C11H18N2O6. The first kappa shape index (κ1) is 15.2. The van der Waals surface area contributed by atoms with E-state index in [1.54, 1.807) is 4.90 Å². The number of rotatable bonds is 4. The molecule has 1 aliphatic heterocycles. The molecule has 108 valence electrons. The Bertz CT molecular complexity index is 359. The highest BCUT2D eigenvalue weighted by atomic mass is 16.5. The molecule has 2 unspecified atom stereocenters. The van der Waals surface area contributed by atoms with Gasteiger partial charge in [0.2, 0.25) is 0 Å². The SMILES string of the molecule is COC(=O)NC1CC(C(=O)OC)CN(CC(=O)O)C1. The number of carboxylic acids is 1. The van der Waals surface area contributed by atoms with Crippen LogP contribution in [0.3, 0.4) is 0 Å². The minimum Gasteiger partial charge on any atom is -0.480 e. The second-order valence-electron chi connectivity index (χ2n) is 4.38. The van der Waals surface area contributed by atoms with Gasteiger partial charge in [-0.25, -0.2) is 4.79 Å². The number of nitrogens with one attached hydrogen (secondary N) is 1. The fourth-order valence-corrected chi connectivity index (χ4v) is 2.18. The molecule has 0 aromatic heterocycles. The molecule has 0 aliphatic carbocycles. The van der Waals surface area contributed by atoms with E-state index in [4.69, 9.17) is 5.11 Å². The van der Waals surface area contributed by atoms with Gasteiger partial charge >= 0.3 is 18.0 Å². The average Bonchev–Trinajstić information content (AvgIpc) is 2.36. The molecule has 19 heavy (non-hydrogen) atoms. The smallest absolute Gasteiger partial charge is 0.407 e. The summed E-state index contributed by atoms with van der Waals surface area (Å²) >= 11 is 0. The summed E-state index contributed by atoms with van der Waals surface area (Å²) in [6, 6.07) is -0.343. The summed E-state index contributed by atoms with van der Waals surface area (Å²) in [5, 5.41) is 11.4. The molecule has 2 atom stereocenters. The molecule has 1 amide bonds. The molecule has 1 saturated heterocycles. The number of esters is 1. The minimum absolute atomic E-state index is 0.188. The van der Waals surface area contributed by atoms with Crippen LogP contribution in [0.4, 0.5) is 4.79 Å². The Morgan fingerprint density at radius 2 is 1.95 bits per heavy atom. The molecular weight excluding hydrogens is 256 g/mol. The quantitative estimate of drug-likeness (QED) is 0.652. The summed E-state index contributed by atoms with van der Waals surface area (Å²) in [6.07, 6.45) is -0.205. The molecule has 1 fully saturated rings. The summed E-state index contributed by atoms with van der Waals surface area (Å²) in [5.41, 5.74) is 0. The van der Waals surface area contributed by atoms with Crippen molar-refractivity contribution in [2.75, 3.05) is 33.9 Å². The molecule has 8 heteroatoms. The normalized spacial score (nSPS) is 23.5. The van der Waals surface area contributed by atoms with E-state index in [1.807, 2.05) is 0 Å². The van der Waals surface area contributed by atoms with Gasteiger partial charge in [-0.15, -0.1) is 0 Å². The number of amides is 1. The van der Waals surface area contributed by atoms with Gasteiger partial charge < -0.3 is 19.9 Å². The Balaban J connectivity index is 2.68. The number of carbonyl (C=O) groups is 3. The number of methoxy groups -OCH3 is 2. The van der Waals surface area contributed by atoms with Gasteiger partial charge in [0, 0.05) is 19.1 Å². The van der Waals surface area contributed by atoms with Crippen molar-refractivity contribution in [3.8, 4) is 0 Å². The monoisotopic (exact) mass is 274 g/mol. The number of likely N-dealkylation sites (tertiary alicyclic amines) is 1. The summed E-state index contributed by atoms with van der Waals surface area (Å²) in [6.45, 7) is 0.472. The molecule has 0 saturated carbocycles. The van der Waals surface area contributed by atoms with E-state index in [0.29, 0.717) is 19.5 Å². The van der Waals surface area contributed by atoms with Crippen molar-refractivity contribution < 1.29 is 29.0 Å². The lowest BCUT2D eigenvalue weighted by Gasteiger charge is -2.35. The number of carbonyl (C=O) groups excluding carboxylic acids is 2. The lowest BCUT2D eigenvalue weighted by Crippen LogP contribution is -2.53. The number of piperidine rings is 1. The van der Waals surface area contributed by atoms with E-state index in [9.17, 15) is 14.4 Å². The molecule has 0 aromatic carbocycles. The zero-order valence-electron chi connectivity index (χ0n) is 10.9. The first-order valence-corrected chi connectivity index (χ1v) is 5.82. The molecule has 0 radical (unpaired) electrons. The summed E-state index contributed by atoms with van der Waals surface area (Å²) in [5.74, 6) is -1.85. The second kappa shape index (κ2) is 6.93. The summed E-state index contributed by atoms with van der Waals surface area (Å²) in [4.78, 5) is 35.0. The van der Waals surface area contributed by atoms with Crippen LogP contribution < -0.4 is 5.32 Å². The number of aliphatic carboxylic acids is 1. The minimum atomic E-state index is -0.984. The van der Waals surface area contributed by atoms with Crippen molar-refractivity contribution >= 4 is 18.0 Å². The first-order valence-electron chi connectivity index (χ1n) is 5.82. The fourth-order valence-electron chi connectivity index (χ4n) is 2.18. The predicted octanol–water partition coefficient (Wildman–Crippen LogP) is -0.709. The van der Waals surface area contributed by atoms with Gasteiger partial charge in [-0.2, -0.15) is 0 Å². The number of ether oxygens (including phenoxy) is 2. The second-order valence-corrected chi connectivity index (χ2v) is 4.38. The number of alkyl carbamates (subject to hydrolysis) is 1. The van der Waals surface area contributed by atoms with Crippen LogP contribution in [0.5, 0.6) is 0 Å². The third-order valence-corrected chi connectivity index (χ3v) is 2.93. The molecule has 2 N–H and O–H groups in total. The van der Waals surface area contributed by atoms with Crippen LogP contribution in [0.25, 0.3) is 0 Å². The largest absolute Gasteiger partial charge is 0.480 e. The van der Waals surface area contributed by atoms with Gasteiger partial charge in [-0.1, -0.05) is 0 Å². The zero-order valence-corrected chi connectivity index (χ0v) is 10.9. The Labute approximate surface area is 110 Å². The van der Waals surface area contributed by atoms with Gasteiger partial charge in [-0.3, -0.25) is 14.5 Å². The van der Waals surface area contributed by atoms with Crippen molar-refractivity contribution in [2.24, 2.45) is 5.92 Å². The molecule has 0 aromatic rings. The Morgan fingerprint density at radius 1 is 1.26 bits per heavy atom. The van der Waals surface area contributed by atoms with Crippen LogP contribution in [0.15, 0.2) is 0 Å². The highest BCUT2D eigenvalue weighted by Gasteiger charge is 2.33. The third-order valence-electron chi connectivity index (χ3n) is 2.93. The highest BCUT2D eigenvalue weighted by molar-refractivity contribution is 5.74. The van der Waals surface area contributed by atoms with Crippen LogP contribution in [-0.2, 0) is 19.1 Å². The lowest BCUT2D eigenvalue weighted by atomic mass is 9.94. The maximum absolute atomic E-state index is 11.6. The van der Waals surface area contributed by atoms with E-state index in [1.165, 1.54) is 14.2 Å². The summed E-state index contributed by atoms with van der Waals surface area (Å²) < 4.78 is 9.16. The number of nitrogens with zero attached hydrogens (tertiary/aromatic N) is 1. The third kappa shape index (κ3) is 4.74. The molecule has 1 rings (SSSR count). The van der Waals surface area contributed by atoms with Gasteiger partial charge in [0.1, 0.15) is 0 Å². The topological polar surface area (TPSA) is 105 Å². The van der Waals surface area contributed by atoms with Gasteiger partial charge in [0.15, 0.2) is 0 Å². The molecule has 0 spiro atoms. The van der Waals surface area contributed by atoms with Crippen LogP contribution in [0.1, 0.15) is 6.42 Å². The molecule has 0 bridgehead atoms. The zero-order chi connectivity index (χ0) is 14.4. The van der Waals surface area contributed by atoms with E-state index in [2.05, 4.69) is 14.8 Å². The van der Waals surface area contributed by atoms with E-state index < -0.39 is 23.9 Å². The molecule has 1 aliphatic rings. The maximum Gasteiger partial charge on any atom is 0.407 e. The van der Waals surface area contributed by atoms with Crippen molar-refractivity contribution in [3.63, 3.8) is 0 Å². The average molecular weight is 274 g/mol. The van der Waals surface area contributed by atoms with E-state index in [-0.39, 0.29) is 12.6 Å². The van der Waals surface area contributed by atoms with Crippen molar-refractivity contribution in [1.29, 1.82) is 0 Å². The van der Waals surface area contributed by atoms with E-state index >= 15 is 0 Å². The van der Waals surface area contributed by atoms with E-state index in [0.717, 1.165) is 0 Å². The standard InChI is InChI=1S/C11H18N2O6/c1-18-10(16)7-3-8(12-11(17)19-2)5-13(4-7)6-9(14)15/h7-8H,3-6H2,1-2H3,(H,12,17)(H,14,15). The van der Waals surface area contributed by atoms with Crippen molar-refractivity contribution in [2.45, 2.75) is 12.5 Å². The number of hydrogen-bond donors (Lipinski definition) is 2. The lowest BCUT2D eigenvalue weighted by molar-refractivity contribution is -0.149. The van der Waals surface area contributed by atoms with Crippen LogP contribution in [-0.4, -0.2) is 67.9 Å². The maximum atomic E-state index is 11.6. The van der Waals surface area contributed by atoms with Gasteiger partial charge in [-0.05, 0) is 6.42 Å². The van der Waals surface area contributed by atoms with Gasteiger partial charge in [0.25, 0.3) is 0 Å². The number of carboxylic acid groups (broad SMARTS) is 1. The van der Waals surface area contributed by atoms with Gasteiger partial charge in [0.05, 0.1) is 26.7 Å². The Hall–Kier alpha value is -1.83. The van der Waals surface area contributed by atoms with Crippen LogP contribution in [0, 0.1) is 5.92 Å². The predicted molar refractivity (Wildman–Crippen MR) is 63.5 cm³/mol. The van der Waals surface area contributed by atoms with Crippen LogP contribution in [0.2, 0.25) is 0 Å². The number of hydrogen-bond acceptors (Lipinski definition) is 6. The first-order chi connectivity index (χ1) is 8.96. The fraction of sp³-hybridized carbons (Fsp3) is 0.727. The Kier molecular flexibility index (Phi) is 5.56. The molecule has 1 heterocycles. The van der Waals surface area contributed by atoms with Crippen molar-refractivity contribution in [1.82, 2.24) is 10.2 Å².